The van der Waals surface area contributed by atoms with Crippen molar-refractivity contribution in [1.29, 1.82) is 5.26 Å². The molecule has 3 heterocycles. The van der Waals surface area contributed by atoms with Crippen molar-refractivity contribution in [3.63, 3.8) is 0 Å². The van der Waals surface area contributed by atoms with E-state index in [1.165, 1.54) is 18.2 Å². The largest absolute Gasteiger partial charge is 0.420 e. The number of hydrogen-bond acceptors (Lipinski definition) is 7. The van der Waals surface area contributed by atoms with Crippen LogP contribution in [0.25, 0.3) is 0 Å². The minimum Gasteiger partial charge on any atom is -0.420 e. The zero-order chi connectivity index (χ0) is 20.1. The van der Waals surface area contributed by atoms with Crippen LogP contribution in [0.1, 0.15) is 36.6 Å². The van der Waals surface area contributed by atoms with Crippen LogP contribution in [0.4, 0.5) is 11.4 Å². The topological polar surface area (TPSA) is 160 Å². The number of carbonyl (C=O) groups is 1. The second-order valence-electron chi connectivity index (χ2n) is 6.63. The highest BCUT2D eigenvalue weighted by Crippen LogP contribution is 2.54. The summed E-state index contributed by atoms with van der Waals surface area (Å²) in [4.78, 5) is 24.0. The summed E-state index contributed by atoms with van der Waals surface area (Å²) in [6, 6.07) is 6.02. The Balaban J connectivity index is 2.07. The molecule has 2 aliphatic heterocycles. The standard InChI is InChI=1S/C18H16N6O4/c1-2-3-4-13-14-16(23-22-13)28-15(20)11(8-19)18(14)10-7-9(24(26)27)5-6-12(10)21-17(18)25/h5-7H,2-4,20H2,1H3,(H,21,25)(H,22,23)/t18-/m1/s1. The van der Waals surface area contributed by atoms with Crippen LogP contribution in [-0.4, -0.2) is 21.0 Å². The van der Waals surface area contributed by atoms with E-state index >= 15 is 0 Å². The molecular formula is C18H16N6O4. The molecule has 2 aliphatic rings. The first-order valence-electron chi connectivity index (χ1n) is 8.71. The molecule has 1 atom stereocenters. The molecule has 0 saturated heterocycles. The first-order valence-corrected chi connectivity index (χ1v) is 8.71. The van der Waals surface area contributed by atoms with E-state index in [0.717, 1.165) is 12.8 Å². The number of hydrogen-bond donors (Lipinski definition) is 3. The normalized spacial score (nSPS) is 19.6. The van der Waals surface area contributed by atoms with Crippen LogP contribution in [0.2, 0.25) is 0 Å². The summed E-state index contributed by atoms with van der Waals surface area (Å²) in [5.41, 5.74) is 5.67. The lowest BCUT2D eigenvalue weighted by molar-refractivity contribution is -0.384. The third kappa shape index (κ3) is 2.13. The number of nitrogens with zero attached hydrogens (tertiary/aromatic N) is 3. The minimum absolute atomic E-state index is 0.0945. The van der Waals surface area contributed by atoms with E-state index in [0.29, 0.717) is 23.4 Å². The maximum absolute atomic E-state index is 13.3. The quantitative estimate of drug-likeness (QED) is 0.540. The molecule has 28 heavy (non-hydrogen) atoms. The molecule has 1 aromatic heterocycles. The zero-order valence-corrected chi connectivity index (χ0v) is 14.9. The Kier molecular flexibility index (Phi) is 3.81. The molecule has 1 spiro atoms. The average Bonchev–Trinajstić information content (AvgIpc) is 3.19. The second kappa shape index (κ2) is 6.09. The van der Waals surface area contributed by atoms with Gasteiger partial charge in [0, 0.05) is 29.1 Å². The summed E-state index contributed by atoms with van der Waals surface area (Å²) < 4.78 is 5.50. The maximum atomic E-state index is 13.3. The van der Waals surface area contributed by atoms with Crippen molar-refractivity contribution < 1.29 is 14.5 Å². The van der Waals surface area contributed by atoms with E-state index in [4.69, 9.17) is 10.5 Å². The van der Waals surface area contributed by atoms with Crippen molar-refractivity contribution in [3.05, 3.63) is 56.6 Å². The molecule has 0 fully saturated rings. The lowest BCUT2D eigenvalue weighted by Crippen LogP contribution is -2.42. The number of nitrogens with two attached hydrogens (primary N) is 1. The van der Waals surface area contributed by atoms with E-state index in [1.807, 2.05) is 13.0 Å². The van der Waals surface area contributed by atoms with Crippen molar-refractivity contribution in [2.24, 2.45) is 5.73 Å². The fourth-order valence-corrected chi connectivity index (χ4v) is 3.86. The molecule has 4 rings (SSSR count). The summed E-state index contributed by atoms with van der Waals surface area (Å²) in [6.45, 7) is 2.02. The lowest BCUT2D eigenvalue weighted by atomic mass is 9.68. The number of H-pyrrole nitrogens is 1. The highest BCUT2D eigenvalue weighted by molar-refractivity contribution is 6.13. The summed E-state index contributed by atoms with van der Waals surface area (Å²) in [5, 5.41) is 30.9. The Morgan fingerprint density at radius 3 is 2.93 bits per heavy atom. The zero-order valence-electron chi connectivity index (χ0n) is 14.9. The number of rotatable bonds is 4. The highest BCUT2D eigenvalue weighted by atomic mass is 16.6. The molecule has 0 bridgehead atoms. The molecule has 0 saturated carbocycles. The van der Waals surface area contributed by atoms with Gasteiger partial charge in [0.1, 0.15) is 17.1 Å². The average molecular weight is 380 g/mol. The van der Waals surface area contributed by atoms with Crippen molar-refractivity contribution in [2.45, 2.75) is 31.6 Å². The number of amides is 1. The van der Waals surface area contributed by atoms with Gasteiger partial charge in [-0.05, 0) is 18.9 Å². The molecule has 1 amide bonds. The molecule has 10 nitrogen and oxygen atoms in total. The van der Waals surface area contributed by atoms with Gasteiger partial charge in [-0.15, -0.1) is 5.10 Å². The minimum atomic E-state index is -1.65. The Bertz CT molecular complexity index is 1100. The SMILES string of the molecule is CCCCc1[nH]nc2c1[C@]1(C(=O)Nc3ccc([N+](=O)[O-])cc31)C(C#N)=C(N)O2. The lowest BCUT2D eigenvalue weighted by Gasteiger charge is -2.31. The van der Waals surface area contributed by atoms with Crippen molar-refractivity contribution >= 4 is 17.3 Å². The van der Waals surface area contributed by atoms with Gasteiger partial charge in [0.25, 0.3) is 5.69 Å². The van der Waals surface area contributed by atoms with Crippen LogP contribution in [0.5, 0.6) is 5.88 Å². The number of aryl methyl sites for hydroxylation is 1. The Hall–Kier alpha value is -3.87. The number of benzene rings is 1. The molecule has 0 aliphatic carbocycles. The summed E-state index contributed by atoms with van der Waals surface area (Å²) in [5.74, 6) is -0.679. The maximum Gasteiger partial charge on any atom is 0.269 e. The van der Waals surface area contributed by atoms with E-state index < -0.39 is 16.2 Å². The third-order valence-electron chi connectivity index (χ3n) is 5.11. The highest BCUT2D eigenvalue weighted by Gasteiger charge is 2.58. The van der Waals surface area contributed by atoms with Gasteiger partial charge in [-0.2, -0.15) is 5.26 Å². The molecule has 1 aromatic carbocycles. The number of carbonyl (C=O) groups excluding carboxylic acids is 1. The Morgan fingerprint density at radius 1 is 1.46 bits per heavy atom. The van der Waals surface area contributed by atoms with Crippen molar-refractivity contribution in [1.82, 2.24) is 10.2 Å². The van der Waals surface area contributed by atoms with Crippen molar-refractivity contribution in [2.75, 3.05) is 5.32 Å². The van der Waals surface area contributed by atoms with Crippen LogP contribution < -0.4 is 15.8 Å². The number of non-ortho nitro benzene ring substituents is 1. The number of aromatic amines is 1. The van der Waals surface area contributed by atoms with Gasteiger partial charge in [-0.1, -0.05) is 13.3 Å². The van der Waals surface area contributed by atoms with Gasteiger partial charge in [0.15, 0.2) is 0 Å². The molecule has 4 N–H and O–H groups in total. The number of fused-ring (bicyclic) bond motifs is 4. The van der Waals surface area contributed by atoms with Crippen LogP contribution >= 0.6 is 0 Å². The molecule has 142 valence electrons. The fourth-order valence-electron chi connectivity index (χ4n) is 3.86. The number of unbranched alkanes of at least 4 members (excludes halogenated alkanes) is 1. The van der Waals surface area contributed by atoms with E-state index in [-0.39, 0.29) is 28.6 Å². The number of nitro benzene ring substituents is 1. The van der Waals surface area contributed by atoms with Gasteiger partial charge < -0.3 is 15.8 Å². The third-order valence-corrected chi connectivity index (χ3v) is 5.11. The van der Waals surface area contributed by atoms with Crippen molar-refractivity contribution in [3.8, 4) is 11.9 Å². The van der Waals surface area contributed by atoms with Gasteiger partial charge in [0.05, 0.1) is 10.5 Å². The first kappa shape index (κ1) is 17.5. The summed E-state index contributed by atoms with van der Waals surface area (Å²) in [7, 11) is 0. The van der Waals surface area contributed by atoms with E-state index in [2.05, 4.69) is 15.5 Å². The van der Waals surface area contributed by atoms with Crippen LogP contribution in [0.15, 0.2) is 29.7 Å². The number of aromatic nitrogens is 2. The predicted octanol–water partition coefficient (Wildman–Crippen LogP) is 1.98. The Morgan fingerprint density at radius 2 is 2.25 bits per heavy atom. The fraction of sp³-hybridized carbons (Fsp3) is 0.278. The number of nitro groups is 1. The van der Waals surface area contributed by atoms with Gasteiger partial charge in [-0.3, -0.25) is 20.0 Å². The van der Waals surface area contributed by atoms with E-state index in [1.54, 1.807) is 0 Å². The number of nitrogens with one attached hydrogen (secondary N) is 2. The van der Waals surface area contributed by atoms with Crippen LogP contribution in [-0.2, 0) is 16.6 Å². The first-order chi connectivity index (χ1) is 13.4. The predicted molar refractivity (Wildman–Crippen MR) is 97.2 cm³/mol. The number of nitriles is 1. The molecule has 0 unspecified atom stereocenters. The monoisotopic (exact) mass is 380 g/mol. The second-order valence-corrected chi connectivity index (χ2v) is 6.63. The molecular weight excluding hydrogens is 364 g/mol. The van der Waals surface area contributed by atoms with Gasteiger partial charge in [-0.25, -0.2) is 0 Å². The summed E-state index contributed by atoms with van der Waals surface area (Å²) in [6.07, 6.45) is 2.29. The smallest absolute Gasteiger partial charge is 0.269 e. The van der Waals surface area contributed by atoms with Gasteiger partial charge >= 0.3 is 0 Å². The van der Waals surface area contributed by atoms with Crippen LogP contribution in [0, 0.1) is 21.4 Å². The molecule has 2 aromatic rings. The molecule has 10 heteroatoms. The van der Waals surface area contributed by atoms with E-state index in [9.17, 15) is 20.2 Å². The number of ether oxygens (including phenoxy) is 1. The summed E-state index contributed by atoms with van der Waals surface area (Å²) >= 11 is 0. The number of anilines is 1. The van der Waals surface area contributed by atoms with Gasteiger partial charge in [0.2, 0.25) is 17.7 Å². The van der Waals surface area contributed by atoms with Crippen LogP contribution in [0.3, 0.4) is 0 Å². The Labute approximate surface area is 159 Å². The molecule has 0 radical (unpaired) electrons.